The fourth-order valence-electron chi connectivity index (χ4n) is 2.20. The van der Waals surface area contributed by atoms with Gasteiger partial charge in [-0.15, -0.1) is 0 Å². The second kappa shape index (κ2) is 4.97. The van der Waals surface area contributed by atoms with Crippen LogP contribution < -0.4 is 10.1 Å². The normalized spacial score (nSPS) is 22.6. The summed E-state index contributed by atoms with van der Waals surface area (Å²) in [5.41, 5.74) is 0.759. The van der Waals surface area contributed by atoms with Gasteiger partial charge in [0.1, 0.15) is 11.9 Å². The van der Waals surface area contributed by atoms with Crippen LogP contribution in [-0.2, 0) is 0 Å². The molecule has 1 aromatic heterocycles. The average molecular weight is 263 g/mol. The molecule has 1 aliphatic rings. The van der Waals surface area contributed by atoms with Gasteiger partial charge in [0.25, 0.3) is 0 Å². The average Bonchev–Trinajstić information content (AvgIpc) is 3.07. The fourth-order valence-corrected chi connectivity index (χ4v) is 2.20. The Hall–Kier alpha value is -1.95. The Labute approximate surface area is 109 Å². The van der Waals surface area contributed by atoms with Crippen molar-refractivity contribution >= 4 is 0 Å². The van der Waals surface area contributed by atoms with Crippen LogP contribution in [0.25, 0.3) is 11.4 Å². The van der Waals surface area contributed by atoms with Crippen LogP contribution in [0.3, 0.4) is 0 Å². The van der Waals surface area contributed by atoms with Crippen LogP contribution in [0.4, 0.5) is 4.39 Å². The molecule has 1 aromatic carbocycles. The van der Waals surface area contributed by atoms with E-state index in [9.17, 15) is 4.39 Å². The number of hydrogen-bond acceptors (Lipinski definition) is 5. The number of aromatic nitrogens is 2. The van der Waals surface area contributed by atoms with E-state index < -0.39 is 6.17 Å². The van der Waals surface area contributed by atoms with Crippen molar-refractivity contribution < 1.29 is 13.7 Å². The smallest absolute Gasteiger partial charge is 0.244 e. The summed E-state index contributed by atoms with van der Waals surface area (Å²) in [7, 11) is 1.59. The molecule has 1 aliphatic heterocycles. The quantitative estimate of drug-likeness (QED) is 0.919. The van der Waals surface area contributed by atoms with Crippen LogP contribution in [0.5, 0.6) is 5.75 Å². The molecule has 0 unspecified atom stereocenters. The first-order chi connectivity index (χ1) is 9.28. The number of nitrogens with one attached hydrogen (secondary N) is 1. The Balaban J connectivity index is 1.88. The number of para-hydroxylation sites is 1. The number of nitrogens with zero attached hydrogens (tertiary/aromatic N) is 2. The largest absolute Gasteiger partial charge is 0.496 e. The second-order valence-electron chi connectivity index (χ2n) is 4.45. The predicted octanol–water partition coefficient (Wildman–Crippen LogP) is 2.12. The molecule has 5 nitrogen and oxygen atoms in total. The van der Waals surface area contributed by atoms with Crippen molar-refractivity contribution in [1.29, 1.82) is 0 Å². The molecule has 0 spiro atoms. The number of halogens is 1. The molecule has 2 atom stereocenters. The molecule has 19 heavy (non-hydrogen) atoms. The van der Waals surface area contributed by atoms with Crippen molar-refractivity contribution in [3.63, 3.8) is 0 Å². The molecule has 0 saturated carbocycles. The van der Waals surface area contributed by atoms with E-state index in [-0.39, 0.29) is 6.04 Å². The van der Waals surface area contributed by atoms with Crippen LogP contribution in [0, 0.1) is 0 Å². The zero-order valence-electron chi connectivity index (χ0n) is 10.5. The molecule has 1 fully saturated rings. The topological polar surface area (TPSA) is 60.2 Å². The summed E-state index contributed by atoms with van der Waals surface area (Å²) in [6, 6.07) is 7.23. The van der Waals surface area contributed by atoms with Gasteiger partial charge in [0.05, 0.1) is 18.7 Å². The molecule has 3 rings (SSSR count). The highest BCUT2D eigenvalue weighted by Crippen LogP contribution is 2.30. The number of hydrogen-bond donors (Lipinski definition) is 1. The molecule has 0 aliphatic carbocycles. The third-order valence-electron chi connectivity index (χ3n) is 3.16. The lowest BCUT2D eigenvalue weighted by molar-refractivity contribution is 0.324. The highest BCUT2D eigenvalue weighted by molar-refractivity contribution is 5.63. The van der Waals surface area contributed by atoms with Crippen molar-refractivity contribution in [1.82, 2.24) is 15.5 Å². The van der Waals surface area contributed by atoms with Gasteiger partial charge in [0.15, 0.2) is 0 Å². The van der Waals surface area contributed by atoms with Gasteiger partial charge in [-0.1, -0.05) is 17.3 Å². The first-order valence-electron chi connectivity index (χ1n) is 6.12. The summed E-state index contributed by atoms with van der Waals surface area (Å²) < 4.78 is 23.6. The number of methoxy groups -OCH3 is 1. The minimum atomic E-state index is -0.855. The standard InChI is InChI=1S/C13H14FN3O2/c1-18-11-5-3-2-4-9(11)12-16-13(19-17-12)10-6-8(14)7-15-10/h2-5,8,10,15H,6-7H2,1H3/t8-,10+/m0/s1. The van der Waals surface area contributed by atoms with Crippen molar-refractivity contribution in [2.24, 2.45) is 0 Å². The van der Waals surface area contributed by atoms with Gasteiger partial charge in [-0.05, 0) is 12.1 Å². The highest BCUT2D eigenvalue weighted by atomic mass is 19.1. The zero-order chi connectivity index (χ0) is 13.2. The molecule has 2 heterocycles. The second-order valence-corrected chi connectivity index (χ2v) is 4.45. The van der Waals surface area contributed by atoms with E-state index in [1.54, 1.807) is 7.11 Å². The number of ether oxygens (including phenoxy) is 1. The van der Waals surface area contributed by atoms with Crippen LogP contribution >= 0.6 is 0 Å². The first kappa shape index (κ1) is 12.1. The van der Waals surface area contributed by atoms with E-state index in [0.29, 0.717) is 30.4 Å². The molecular formula is C13H14FN3O2. The summed E-state index contributed by atoms with van der Waals surface area (Å²) in [6.45, 7) is 0.330. The van der Waals surface area contributed by atoms with Gasteiger partial charge >= 0.3 is 0 Å². The minimum Gasteiger partial charge on any atom is -0.496 e. The van der Waals surface area contributed by atoms with Gasteiger partial charge in [-0.3, -0.25) is 0 Å². The van der Waals surface area contributed by atoms with Crippen molar-refractivity contribution in [3.05, 3.63) is 30.2 Å². The van der Waals surface area contributed by atoms with Gasteiger partial charge < -0.3 is 14.6 Å². The Morgan fingerprint density at radius 3 is 3.00 bits per heavy atom. The van der Waals surface area contributed by atoms with Gasteiger partial charge in [-0.25, -0.2) is 4.39 Å². The molecule has 0 amide bonds. The van der Waals surface area contributed by atoms with E-state index in [1.165, 1.54) is 0 Å². The number of rotatable bonds is 3. The van der Waals surface area contributed by atoms with E-state index in [2.05, 4.69) is 15.5 Å². The number of benzene rings is 1. The molecule has 1 saturated heterocycles. The predicted molar refractivity (Wildman–Crippen MR) is 66.5 cm³/mol. The van der Waals surface area contributed by atoms with Crippen molar-refractivity contribution in [3.8, 4) is 17.1 Å². The van der Waals surface area contributed by atoms with E-state index in [4.69, 9.17) is 9.26 Å². The Morgan fingerprint density at radius 1 is 1.42 bits per heavy atom. The van der Waals surface area contributed by atoms with E-state index in [0.717, 1.165) is 5.56 Å². The van der Waals surface area contributed by atoms with Crippen LogP contribution in [0.15, 0.2) is 28.8 Å². The van der Waals surface area contributed by atoms with Gasteiger partial charge in [0, 0.05) is 13.0 Å². The molecule has 1 N–H and O–H groups in total. The maximum absolute atomic E-state index is 13.1. The highest BCUT2D eigenvalue weighted by Gasteiger charge is 2.29. The summed E-state index contributed by atoms with van der Waals surface area (Å²) >= 11 is 0. The fraction of sp³-hybridized carbons (Fsp3) is 0.385. The van der Waals surface area contributed by atoms with Gasteiger partial charge in [-0.2, -0.15) is 4.98 Å². The Bertz CT molecular complexity index is 573. The summed E-state index contributed by atoms with van der Waals surface area (Å²) in [5.74, 6) is 1.55. The van der Waals surface area contributed by atoms with Crippen molar-refractivity contribution in [2.45, 2.75) is 18.6 Å². The lowest BCUT2D eigenvalue weighted by Crippen LogP contribution is -2.14. The molecule has 0 bridgehead atoms. The minimum absolute atomic E-state index is 0.203. The van der Waals surface area contributed by atoms with Crippen LogP contribution in [0.2, 0.25) is 0 Å². The molecule has 100 valence electrons. The Morgan fingerprint density at radius 2 is 2.26 bits per heavy atom. The maximum atomic E-state index is 13.1. The zero-order valence-corrected chi connectivity index (χ0v) is 10.5. The Kier molecular flexibility index (Phi) is 3.16. The third kappa shape index (κ3) is 2.31. The lowest BCUT2D eigenvalue weighted by atomic mass is 10.2. The molecule has 0 radical (unpaired) electrons. The number of alkyl halides is 1. The molecular weight excluding hydrogens is 249 g/mol. The van der Waals surface area contributed by atoms with E-state index in [1.807, 2.05) is 24.3 Å². The summed E-state index contributed by atoms with van der Waals surface area (Å²) in [6.07, 6.45) is -0.486. The molecule has 2 aromatic rings. The van der Waals surface area contributed by atoms with Gasteiger partial charge in [0.2, 0.25) is 11.7 Å². The summed E-state index contributed by atoms with van der Waals surface area (Å²) in [5, 5.41) is 6.95. The van der Waals surface area contributed by atoms with E-state index >= 15 is 0 Å². The summed E-state index contributed by atoms with van der Waals surface area (Å²) in [4.78, 5) is 4.32. The van der Waals surface area contributed by atoms with Crippen LogP contribution in [0.1, 0.15) is 18.4 Å². The first-order valence-corrected chi connectivity index (χ1v) is 6.12. The molecule has 6 heteroatoms. The van der Waals surface area contributed by atoms with Crippen LogP contribution in [-0.4, -0.2) is 30.0 Å². The SMILES string of the molecule is COc1ccccc1-c1noc([C@H]2C[C@H](F)CN2)n1. The maximum Gasteiger partial charge on any atom is 0.244 e. The lowest BCUT2D eigenvalue weighted by Gasteiger charge is -2.03. The third-order valence-corrected chi connectivity index (χ3v) is 3.16. The van der Waals surface area contributed by atoms with Crippen molar-refractivity contribution in [2.75, 3.05) is 13.7 Å². The monoisotopic (exact) mass is 263 g/mol.